The zero-order valence-electron chi connectivity index (χ0n) is 15.5. The van der Waals surface area contributed by atoms with Crippen LogP contribution in [0.25, 0.3) is 5.95 Å². The standard InChI is InChI=1S/C20H20ClN5O/c1-12-5-6-13(9-14(12)21)24-18-17-15(10-20(2,3)11-16(17)27)26(25-18)19-22-7-4-8-23-19/h4-9H,10-11H2,1-3H3,(H,24,25). The molecule has 4 rings (SSSR count). The summed E-state index contributed by atoms with van der Waals surface area (Å²) in [5.41, 5.74) is 3.08. The van der Waals surface area contributed by atoms with Gasteiger partial charge in [-0.15, -0.1) is 5.10 Å². The molecular formula is C20H20ClN5O. The summed E-state index contributed by atoms with van der Waals surface area (Å²) in [7, 11) is 0. The van der Waals surface area contributed by atoms with Gasteiger partial charge in [0.2, 0.25) is 0 Å². The molecule has 2 aromatic heterocycles. The van der Waals surface area contributed by atoms with Crippen LogP contribution in [0, 0.1) is 12.3 Å². The van der Waals surface area contributed by atoms with Crippen LogP contribution < -0.4 is 5.32 Å². The number of rotatable bonds is 3. The molecule has 0 saturated heterocycles. The van der Waals surface area contributed by atoms with Crippen molar-refractivity contribution in [3.05, 3.63) is 58.5 Å². The van der Waals surface area contributed by atoms with Crippen LogP contribution in [0.4, 0.5) is 11.5 Å². The van der Waals surface area contributed by atoms with Gasteiger partial charge in [-0.1, -0.05) is 31.5 Å². The summed E-state index contributed by atoms with van der Waals surface area (Å²) < 4.78 is 1.67. The summed E-state index contributed by atoms with van der Waals surface area (Å²) >= 11 is 6.24. The molecule has 0 amide bonds. The first-order valence-corrected chi connectivity index (χ1v) is 9.17. The molecule has 0 atom stereocenters. The van der Waals surface area contributed by atoms with E-state index < -0.39 is 0 Å². The maximum absolute atomic E-state index is 12.9. The molecule has 1 aliphatic carbocycles. The molecule has 7 heteroatoms. The largest absolute Gasteiger partial charge is 0.338 e. The van der Waals surface area contributed by atoms with Gasteiger partial charge in [-0.25, -0.2) is 14.6 Å². The van der Waals surface area contributed by atoms with E-state index in [9.17, 15) is 4.79 Å². The summed E-state index contributed by atoms with van der Waals surface area (Å²) in [4.78, 5) is 21.5. The van der Waals surface area contributed by atoms with Crippen molar-refractivity contribution in [3.63, 3.8) is 0 Å². The molecule has 0 fully saturated rings. The highest BCUT2D eigenvalue weighted by atomic mass is 35.5. The number of nitrogens with zero attached hydrogens (tertiary/aromatic N) is 4. The molecule has 1 aromatic carbocycles. The maximum atomic E-state index is 12.9. The van der Waals surface area contributed by atoms with E-state index in [0.717, 1.165) is 23.4 Å². The predicted octanol–water partition coefficient (Wildman–Crippen LogP) is 4.52. The minimum absolute atomic E-state index is 0.0733. The summed E-state index contributed by atoms with van der Waals surface area (Å²) in [6.07, 6.45) is 4.53. The fourth-order valence-corrected chi connectivity index (χ4v) is 3.59. The van der Waals surface area contributed by atoms with Crippen LogP contribution >= 0.6 is 11.6 Å². The maximum Gasteiger partial charge on any atom is 0.250 e. The monoisotopic (exact) mass is 381 g/mol. The topological polar surface area (TPSA) is 72.7 Å². The number of hydrogen-bond acceptors (Lipinski definition) is 5. The van der Waals surface area contributed by atoms with Crippen LogP contribution in [0.1, 0.15) is 41.9 Å². The number of carbonyl (C=O) groups is 1. The van der Waals surface area contributed by atoms with Gasteiger partial charge in [0, 0.05) is 29.5 Å². The molecule has 0 saturated carbocycles. The minimum atomic E-state index is -0.138. The zero-order valence-corrected chi connectivity index (χ0v) is 16.2. The Hall–Kier alpha value is -2.73. The first-order valence-electron chi connectivity index (χ1n) is 8.80. The lowest BCUT2D eigenvalue weighted by Crippen LogP contribution is -2.28. The second-order valence-corrected chi connectivity index (χ2v) is 8.07. The van der Waals surface area contributed by atoms with Crippen LogP contribution in [0.5, 0.6) is 0 Å². The Morgan fingerprint density at radius 2 is 1.93 bits per heavy atom. The van der Waals surface area contributed by atoms with Gasteiger partial charge in [-0.2, -0.15) is 0 Å². The second-order valence-electron chi connectivity index (χ2n) is 7.66. The molecule has 1 aliphatic rings. The quantitative estimate of drug-likeness (QED) is 0.721. The SMILES string of the molecule is Cc1ccc(Nc2nn(-c3ncccn3)c3c2C(=O)CC(C)(C)C3)cc1Cl. The Bertz CT molecular complexity index is 1030. The number of fused-ring (bicyclic) bond motifs is 1. The van der Waals surface area contributed by atoms with E-state index in [4.69, 9.17) is 11.6 Å². The first kappa shape index (κ1) is 17.7. The van der Waals surface area contributed by atoms with E-state index in [1.165, 1.54) is 0 Å². The number of carbonyl (C=O) groups excluding carboxylic acids is 1. The lowest BCUT2D eigenvalue weighted by Gasteiger charge is -2.28. The van der Waals surface area contributed by atoms with E-state index in [1.54, 1.807) is 23.1 Å². The third kappa shape index (κ3) is 3.32. The summed E-state index contributed by atoms with van der Waals surface area (Å²) in [6, 6.07) is 7.43. The Morgan fingerprint density at radius 1 is 1.19 bits per heavy atom. The Kier molecular flexibility index (Phi) is 4.23. The third-order valence-corrected chi connectivity index (χ3v) is 5.13. The molecule has 0 aliphatic heterocycles. The molecule has 0 radical (unpaired) electrons. The molecule has 0 bridgehead atoms. The van der Waals surface area contributed by atoms with Crippen LogP contribution in [0.15, 0.2) is 36.7 Å². The molecule has 138 valence electrons. The third-order valence-electron chi connectivity index (χ3n) is 4.72. The highest BCUT2D eigenvalue weighted by Gasteiger charge is 2.37. The van der Waals surface area contributed by atoms with Gasteiger partial charge in [0.05, 0.1) is 11.3 Å². The normalized spacial score (nSPS) is 15.5. The van der Waals surface area contributed by atoms with Gasteiger partial charge < -0.3 is 5.32 Å². The molecule has 6 nitrogen and oxygen atoms in total. The minimum Gasteiger partial charge on any atom is -0.338 e. The summed E-state index contributed by atoms with van der Waals surface area (Å²) in [5.74, 6) is 1.04. The van der Waals surface area contributed by atoms with Crippen molar-refractivity contribution < 1.29 is 4.79 Å². The number of halogens is 1. The molecular weight excluding hydrogens is 362 g/mol. The highest BCUT2D eigenvalue weighted by molar-refractivity contribution is 6.31. The van der Waals surface area contributed by atoms with E-state index in [2.05, 4.69) is 34.2 Å². The van der Waals surface area contributed by atoms with Crippen molar-refractivity contribution in [3.8, 4) is 5.95 Å². The molecule has 3 aromatic rings. The van der Waals surface area contributed by atoms with Gasteiger partial charge >= 0.3 is 0 Å². The second kappa shape index (κ2) is 6.46. The number of benzene rings is 1. The number of hydrogen-bond donors (Lipinski definition) is 1. The van der Waals surface area contributed by atoms with Gasteiger partial charge in [0.15, 0.2) is 11.6 Å². The predicted molar refractivity (Wildman–Crippen MR) is 105 cm³/mol. The van der Waals surface area contributed by atoms with Gasteiger partial charge in [-0.3, -0.25) is 4.79 Å². The molecule has 0 spiro atoms. The zero-order chi connectivity index (χ0) is 19.2. The average molecular weight is 382 g/mol. The number of anilines is 2. The number of aromatic nitrogens is 4. The first-order chi connectivity index (χ1) is 12.8. The molecule has 2 heterocycles. The molecule has 1 N–H and O–H groups in total. The number of ketones is 1. The molecule has 0 unspecified atom stereocenters. The lowest BCUT2D eigenvalue weighted by atomic mass is 9.76. The van der Waals surface area contributed by atoms with Crippen molar-refractivity contribution in [1.29, 1.82) is 0 Å². The smallest absolute Gasteiger partial charge is 0.250 e. The van der Waals surface area contributed by atoms with Crippen LogP contribution in [-0.4, -0.2) is 25.5 Å². The highest BCUT2D eigenvalue weighted by Crippen LogP contribution is 2.39. The van der Waals surface area contributed by atoms with E-state index in [-0.39, 0.29) is 11.2 Å². The van der Waals surface area contributed by atoms with E-state index in [0.29, 0.717) is 28.8 Å². The van der Waals surface area contributed by atoms with Crippen molar-refractivity contribution >= 4 is 28.9 Å². The van der Waals surface area contributed by atoms with Crippen molar-refractivity contribution in [2.24, 2.45) is 5.41 Å². The number of Topliss-reactive ketones (excluding diaryl/α,β-unsaturated/α-hetero) is 1. The van der Waals surface area contributed by atoms with Crippen molar-refractivity contribution in [1.82, 2.24) is 19.7 Å². The van der Waals surface area contributed by atoms with Crippen molar-refractivity contribution in [2.75, 3.05) is 5.32 Å². The van der Waals surface area contributed by atoms with Crippen LogP contribution in [0.3, 0.4) is 0 Å². The van der Waals surface area contributed by atoms with Crippen LogP contribution in [-0.2, 0) is 6.42 Å². The lowest BCUT2D eigenvalue weighted by molar-refractivity contribution is 0.0911. The van der Waals surface area contributed by atoms with Crippen LogP contribution in [0.2, 0.25) is 5.02 Å². The Labute approximate surface area is 162 Å². The Morgan fingerprint density at radius 3 is 2.63 bits per heavy atom. The number of nitrogens with one attached hydrogen (secondary N) is 1. The fraction of sp³-hybridized carbons (Fsp3) is 0.300. The Balaban J connectivity index is 1.84. The fourth-order valence-electron chi connectivity index (χ4n) is 3.41. The van der Waals surface area contributed by atoms with E-state index >= 15 is 0 Å². The average Bonchev–Trinajstić information content (AvgIpc) is 2.96. The van der Waals surface area contributed by atoms with Gasteiger partial charge in [-0.05, 0) is 42.5 Å². The van der Waals surface area contributed by atoms with Gasteiger partial charge in [0.25, 0.3) is 5.95 Å². The molecule has 27 heavy (non-hydrogen) atoms. The summed E-state index contributed by atoms with van der Waals surface area (Å²) in [5, 5.41) is 8.56. The van der Waals surface area contributed by atoms with Gasteiger partial charge in [0.1, 0.15) is 0 Å². The van der Waals surface area contributed by atoms with E-state index in [1.807, 2.05) is 25.1 Å². The number of aryl methyl sites for hydroxylation is 1. The van der Waals surface area contributed by atoms with Crippen molar-refractivity contribution in [2.45, 2.75) is 33.6 Å². The summed E-state index contributed by atoms with van der Waals surface area (Å²) in [6.45, 7) is 6.12.